The van der Waals surface area contributed by atoms with Crippen LogP contribution in [0, 0.1) is 10.1 Å². The van der Waals surface area contributed by atoms with Gasteiger partial charge in [0.1, 0.15) is 0 Å². The maximum atomic E-state index is 12.2. The molecule has 6 nitrogen and oxygen atoms in total. The van der Waals surface area contributed by atoms with Gasteiger partial charge in [-0.05, 0) is 31.9 Å². The lowest BCUT2D eigenvalue weighted by Crippen LogP contribution is -2.47. The summed E-state index contributed by atoms with van der Waals surface area (Å²) in [7, 11) is 0. The molecule has 1 aromatic rings. The Morgan fingerprint density at radius 2 is 2.19 bits per heavy atom. The quantitative estimate of drug-likeness (QED) is 0.523. The van der Waals surface area contributed by atoms with Crippen molar-refractivity contribution in [3.05, 3.63) is 46.0 Å². The van der Waals surface area contributed by atoms with Crippen LogP contribution in [-0.2, 0) is 4.79 Å². The number of rotatable bonds is 3. The molecule has 0 bridgehead atoms. The van der Waals surface area contributed by atoms with Gasteiger partial charge >= 0.3 is 0 Å². The minimum Gasteiger partial charge on any atom is -0.336 e. The van der Waals surface area contributed by atoms with Crippen LogP contribution in [0.25, 0.3) is 6.08 Å². The third-order valence-corrected chi connectivity index (χ3v) is 3.74. The van der Waals surface area contributed by atoms with E-state index in [4.69, 9.17) is 5.73 Å². The Morgan fingerprint density at radius 3 is 2.86 bits per heavy atom. The van der Waals surface area contributed by atoms with Crippen molar-refractivity contribution in [2.45, 2.75) is 31.8 Å². The predicted molar refractivity (Wildman–Crippen MR) is 80.5 cm³/mol. The molecule has 1 saturated heterocycles. The number of carbonyl (C=O) groups is 1. The van der Waals surface area contributed by atoms with Crippen molar-refractivity contribution in [3.63, 3.8) is 0 Å². The summed E-state index contributed by atoms with van der Waals surface area (Å²) >= 11 is 0. The van der Waals surface area contributed by atoms with Crippen LogP contribution in [0.2, 0.25) is 0 Å². The molecule has 2 N–H and O–H groups in total. The summed E-state index contributed by atoms with van der Waals surface area (Å²) in [5, 5.41) is 10.9. The molecule has 0 spiro atoms. The number of likely N-dealkylation sites (tertiary alicyclic amines) is 1. The molecule has 2 atom stereocenters. The van der Waals surface area contributed by atoms with Crippen LogP contribution < -0.4 is 5.73 Å². The normalized spacial score (nSPS) is 22.5. The molecule has 0 aliphatic carbocycles. The molecule has 2 unspecified atom stereocenters. The van der Waals surface area contributed by atoms with Gasteiger partial charge in [0.25, 0.3) is 5.69 Å². The number of carbonyl (C=O) groups excluding carboxylic acids is 1. The average Bonchev–Trinajstić information content (AvgIpc) is 2.45. The van der Waals surface area contributed by atoms with Crippen molar-refractivity contribution >= 4 is 17.7 Å². The van der Waals surface area contributed by atoms with E-state index in [-0.39, 0.29) is 23.7 Å². The lowest BCUT2D eigenvalue weighted by atomic mass is 9.99. The van der Waals surface area contributed by atoms with Crippen LogP contribution in [0.15, 0.2) is 30.3 Å². The van der Waals surface area contributed by atoms with E-state index in [2.05, 4.69) is 0 Å². The highest BCUT2D eigenvalue weighted by molar-refractivity contribution is 5.92. The second-order valence-electron chi connectivity index (χ2n) is 5.31. The van der Waals surface area contributed by atoms with E-state index >= 15 is 0 Å². The molecule has 0 aromatic heterocycles. The largest absolute Gasteiger partial charge is 0.336 e. The minimum atomic E-state index is -0.452. The van der Waals surface area contributed by atoms with Crippen molar-refractivity contribution in [3.8, 4) is 0 Å². The third kappa shape index (κ3) is 3.66. The zero-order valence-electron chi connectivity index (χ0n) is 11.9. The van der Waals surface area contributed by atoms with Gasteiger partial charge in [-0.25, -0.2) is 0 Å². The first kappa shape index (κ1) is 15.2. The van der Waals surface area contributed by atoms with Crippen molar-refractivity contribution < 1.29 is 9.72 Å². The van der Waals surface area contributed by atoms with Crippen LogP contribution in [0.5, 0.6) is 0 Å². The lowest BCUT2D eigenvalue weighted by molar-refractivity contribution is -0.385. The molecule has 112 valence electrons. The number of para-hydroxylation sites is 1. The monoisotopic (exact) mass is 289 g/mol. The Balaban J connectivity index is 2.11. The zero-order chi connectivity index (χ0) is 15.4. The molecule has 1 heterocycles. The maximum Gasteiger partial charge on any atom is 0.276 e. The molecular weight excluding hydrogens is 270 g/mol. The maximum absolute atomic E-state index is 12.2. The highest BCUT2D eigenvalue weighted by atomic mass is 16.6. The van der Waals surface area contributed by atoms with Gasteiger partial charge in [0.2, 0.25) is 5.91 Å². The number of piperidine rings is 1. The van der Waals surface area contributed by atoms with E-state index in [1.54, 1.807) is 23.1 Å². The van der Waals surface area contributed by atoms with Gasteiger partial charge < -0.3 is 10.6 Å². The van der Waals surface area contributed by atoms with Gasteiger partial charge in [-0.1, -0.05) is 12.1 Å². The van der Waals surface area contributed by atoms with E-state index in [1.807, 2.05) is 6.92 Å². The number of nitro benzene ring substituents is 1. The third-order valence-electron chi connectivity index (χ3n) is 3.74. The van der Waals surface area contributed by atoms with E-state index in [0.29, 0.717) is 12.1 Å². The highest BCUT2D eigenvalue weighted by Crippen LogP contribution is 2.20. The SMILES string of the molecule is CC1CC(N)CCN1C(=O)/C=C/c1ccccc1[N+](=O)[O-]. The first-order chi connectivity index (χ1) is 9.99. The van der Waals surface area contributed by atoms with Crippen molar-refractivity contribution in [1.29, 1.82) is 0 Å². The van der Waals surface area contributed by atoms with Crippen LogP contribution >= 0.6 is 0 Å². The van der Waals surface area contributed by atoms with E-state index in [9.17, 15) is 14.9 Å². The first-order valence-corrected chi connectivity index (χ1v) is 6.96. The molecule has 6 heteroatoms. The molecule has 1 aromatic carbocycles. The summed E-state index contributed by atoms with van der Waals surface area (Å²) in [4.78, 5) is 24.4. The van der Waals surface area contributed by atoms with Gasteiger partial charge in [0, 0.05) is 30.8 Å². The van der Waals surface area contributed by atoms with Crippen LogP contribution in [0.3, 0.4) is 0 Å². The number of nitro groups is 1. The fourth-order valence-corrected chi connectivity index (χ4v) is 2.59. The number of hydrogen-bond donors (Lipinski definition) is 1. The summed E-state index contributed by atoms with van der Waals surface area (Å²) in [5.74, 6) is -0.132. The summed E-state index contributed by atoms with van der Waals surface area (Å²) in [6.45, 7) is 2.60. The molecule has 1 fully saturated rings. The van der Waals surface area contributed by atoms with Crippen molar-refractivity contribution in [2.24, 2.45) is 5.73 Å². The number of nitrogens with zero attached hydrogens (tertiary/aromatic N) is 2. The molecule has 0 radical (unpaired) electrons. The number of amides is 1. The van der Waals surface area contributed by atoms with Crippen molar-refractivity contribution in [1.82, 2.24) is 4.90 Å². The van der Waals surface area contributed by atoms with Gasteiger partial charge in [-0.15, -0.1) is 0 Å². The number of nitrogens with two attached hydrogens (primary N) is 1. The van der Waals surface area contributed by atoms with Gasteiger partial charge in [-0.2, -0.15) is 0 Å². The molecule has 0 saturated carbocycles. The smallest absolute Gasteiger partial charge is 0.276 e. The Hall–Kier alpha value is -2.21. The molecule has 2 rings (SSSR count). The number of hydrogen-bond acceptors (Lipinski definition) is 4. The lowest BCUT2D eigenvalue weighted by Gasteiger charge is -2.35. The summed E-state index contributed by atoms with van der Waals surface area (Å²) < 4.78 is 0. The Kier molecular flexibility index (Phi) is 4.70. The minimum absolute atomic E-state index is 0.00438. The summed E-state index contributed by atoms with van der Waals surface area (Å²) in [6, 6.07) is 6.59. The van der Waals surface area contributed by atoms with E-state index < -0.39 is 4.92 Å². The Bertz CT molecular complexity index is 571. The predicted octanol–water partition coefficient (Wildman–Crippen LogP) is 1.95. The van der Waals surface area contributed by atoms with Gasteiger partial charge in [-0.3, -0.25) is 14.9 Å². The Labute approximate surface area is 123 Å². The fourth-order valence-electron chi connectivity index (χ4n) is 2.59. The van der Waals surface area contributed by atoms with Crippen LogP contribution in [-0.4, -0.2) is 34.4 Å². The Morgan fingerprint density at radius 1 is 1.48 bits per heavy atom. The second kappa shape index (κ2) is 6.49. The van der Waals surface area contributed by atoms with Gasteiger partial charge in [0.15, 0.2) is 0 Å². The second-order valence-corrected chi connectivity index (χ2v) is 5.31. The fraction of sp³-hybridized carbons (Fsp3) is 0.400. The molecule has 1 amide bonds. The topological polar surface area (TPSA) is 89.5 Å². The van der Waals surface area contributed by atoms with Crippen LogP contribution in [0.4, 0.5) is 5.69 Å². The molecule has 1 aliphatic heterocycles. The van der Waals surface area contributed by atoms with Gasteiger partial charge in [0.05, 0.1) is 10.5 Å². The van der Waals surface area contributed by atoms with Crippen LogP contribution in [0.1, 0.15) is 25.3 Å². The highest BCUT2D eigenvalue weighted by Gasteiger charge is 2.25. The van der Waals surface area contributed by atoms with Crippen molar-refractivity contribution in [2.75, 3.05) is 6.54 Å². The van der Waals surface area contributed by atoms with E-state index in [0.717, 1.165) is 12.8 Å². The standard InChI is InChI=1S/C15H19N3O3/c1-11-10-13(16)8-9-17(11)15(19)7-6-12-4-2-3-5-14(12)18(20)21/h2-7,11,13H,8-10,16H2,1H3/b7-6+. The first-order valence-electron chi connectivity index (χ1n) is 6.96. The summed E-state index contributed by atoms with van der Waals surface area (Å²) in [6.07, 6.45) is 4.47. The summed E-state index contributed by atoms with van der Waals surface area (Å²) in [5.41, 5.74) is 6.30. The molecular formula is C15H19N3O3. The average molecular weight is 289 g/mol. The molecule has 21 heavy (non-hydrogen) atoms. The molecule has 1 aliphatic rings. The number of benzene rings is 1. The zero-order valence-corrected chi connectivity index (χ0v) is 11.9. The van der Waals surface area contributed by atoms with E-state index in [1.165, 1.54) is 18.2 Å².